The molecule has 0 bridgehead atoms. The number of hydrogen-bond donors (Lipinski definition) is 2. The molecule has 1 aliphatic carbocycles. The first-order chi connectivity index (χ1) is 7.99. The summed E-state index contributed by atoms with van der Waals surface area (Å²) in [5, 5.41) is 11.0. The molecule has 98 valence electrons. The van der Waals surface area contributed by atoms with Gasteiger partial charge in [0.1, 0.15) is 12.6 Å². The predicted octanol–water partition coefficient (Wildman–Crippen LogP) is 1.17. The van der Waals surface area contributed by atoms with E-state index < -0.39 is 12.0 Å². The Morgan fingerprint density at radius 3 is 2.76 bits per heavy atom. The minimum atomic E-state index is -1.04. The van der Waals surface area contributed by atoms with Crippen LogP contribution in [0.25, 0.3) is 0 Å². The fourth-order valence-electron chi connectivity index (χ4n) is 2.07. The van der Waals surface area contributed by atoms with E-state index in [1.807, 2.05) is 0 Å². The van der Waals surface area contributed by atoms with Crippen LogP contribution < -0.4 is 5.32 Å². The quantitative estimate of drug-likeness (QED) is 0.760. The maximum atomic E-state index is 11.4. The minimum Gasteiger partial charge on any atom is -0.480 e. The fraction of sp³-hybridized carbons (Fsp3) is 0.833. The van der Waals surface area contributed by atoms with Crippen molar-refractivity contribution in [1.82, 2.24) is 5.32 Å². The summed E-state index contributed by atoms with van der Waals surface area (Å²) in [6.07, 6.45) is 4.49. The highest BCUT2D eigenvalue weighted by Crippen LogP contribution is 2.25. The number of carboxylic acids is 1. The molecular weight excluding hydrogens is 222 g/mol. The second-order valence-corrected chi connectivity index (χ2v) is 4.83. The second kappa shape index (κ2) is 6.59. The van der Waals surface area contributed by atoms with Crippen molar-refractivity contribution in [1.29, 1.82) is 0 Å². The van der Waals surface area contributed by atoms with E-state index in [1.165, 1.54) is 13.3 Å². The molecule has 0 saturated heterocycles. The number of amides is 1. The average Bonchev–Trinajstić information content (AvgIpc) is 2.26. The predicted molar refractivity (Wildman–Crippen MR) is 62.6 cm³/mol. The molecule has 2 N–H and O–H groups in total. The lowest BCUT2D eigenvalue weighted by atomic mass is 9.89. The third kappa shape index (κ3) is 5.17. The molecule has 1 aliphatic rings. The van der Waals surface area contributed by atoms with E-state index in [9.17, 15) is 9.59 Å². The Morgan fingerprint density at radius 2 is 2.18 bits per heavy atom. The fourth-order valence-corrected chi connectivity index (χ4v) is 2.07. The molecule has 5 nitrogen and oxygen atoms in total. The summed E-state index contributed by atoms with van der Waals surface area (Å²) in [4.78, 5) is 21.9. The summed E-state index contributed by atoms with van der Waals surface area (Å²) >= 11 is 0. The number of carbonyl (C=O) groups is 2. The zero-order chi connectivity index (χ0) is 12.8. The van der Waals surface area contributed by atoms with Crippen LogP contribution in [0.3, 0.4) is 0 Å². The number of carboxylic acid groups (broad SMARTS) is 1. The molecule has 1 fully saturated rings. The first-order valence-electron chi connectivity index (χ1n) is 6.12. The van der Waals surface area contributed by atoms with Crippen molar-refractivity contribution in [2.24, 2.45) is 5.92 Å². The Labute approximate surface area is 102 Å². The summed E-state index contributed by atoms with van der Waals surface area (Å²) in [6.45, 7) is 3.57. The van der Waals surface area contributed by atoms with Gasteiger partial charge >= 0.3 is 5.97 Å². The van der Waals surface area contributed by atoms with Crippen molar-refractivity contribution in [2.45, 2.75) is 51.7 Å². The summed E-state index contributed by atoms with van der Waals surface area (Å²) in [5.41, 5.74) is 0. The monoisotopic (exact) mass is 243 g/mol. The highest BCUT2D eigenvalue weighted by Gasteiger charge is 2.21. The largest absolute Gasteiger partial charge is 0.480 e. The number of rotatable bonds is 5. The van der Waals surface area contributed by atoms with Crippen LogP contribution in [0.15, 0.2) is 0 Å². The van der Waals surface area contributed by atoms with Crippen molar-refractivity contribution in [3.8, 4) is 0 Å². The number of aliphatic carboxylic acids is 1. The Hall–Kier alpha value is -1.10. The van der Waals surface area contributed by atoms with Crippen molar-refractivity contribution >= 4 is 11.9 Å². The Morgan fingerprint density at radius 1 is 1.47 bits per heavy atom. The lowest BCUT2D eigenvalue weighted by Crippen LogP contribution is -2.41. The van der Waals surface area contributed by atoms with Gasteiger partial charge in [-0.3, -0.25) is 9.59 Å². The molecule has 1 saturated carbocycles. The van der Waals surface area contributed by atoms with Crippen LogP contribution in [-0.4, -0.2) is 35.7 Å². The number of carbonyl (C=O) groups excluding carboxylic acids is 1. The van der Waals surface area contributed by atoms with Gasteiger partial charge in [-0.05, 0) is 25.7 Å². The van der Waals surface area contributed by atoms with E-state index in [0.717, 1.165) is 19.3 Å². The van der Waals surface area contributed by atoms with Gasteiger partial charge in [0.2, 0.25) is 5.91 Å². The molecule has 0 aliphatic heterocycles. The van der Waals surface area contributed by atoms with Crippen molar-refractivity contribution in [3.05, 3.63) is 0 Å². The minimum absolute atomic E-state index is 0.0466. The molecule has 3 atom stereocenters. The van der Waals surface area contributed by atoms with Crippen LogP contribution >= 0.6 is 0 Å². The number of nitrogens with one attached hydrogen (secondary N) is 1. The van der Waals surface area contributed by atoms with Gasteiger partial charge in [0.15, 0.2) is 0 Å². The summed E-state index contributed by atoms with van der Waals surface area (Å²) in [7, 11) is 0. The SMILES string of the molecule is CC1CCCC(OCC(=O)N[C@H](C)C(=O)O)C1. The van der Waals surface area contributed by atoms with E-state index in [4.69, 9.17) is 9.84 Å². The molecule has 0 aromatic carbocycles. The second-order valence-electron chi connectivity index (χ2n) is 4.83. The summed E-state index contributed by atoms with van der Waals surface area (Å²) < 4.78 is 5.49. The van der Waals surface area contributed by atoms with E-state index in [-0.39, 0.29) is 18.6 Å². The Kier molecular flexibility index (Phi) is 5.41. The molecule has 0 heterocycles. The van der Waals surface area contributed by atoms with E-state index >= 15 is 0 Å². The van der Waals surface area contributed by atoms with Gasteiger partial charge in [0, 0.05) is 0 Å². The first kappa shape index (κ1) is 14.0. The zero-order valence-corrected chi connectivity index (χ0v) is 10.4. The van der Waals surface area contributed by atoms with Gasteiger partial charge < -0.3 is 15.2 Å². The van der Waals surface area contributed by atoms with Crippen LogP contribution in [0.4, 0.5) is 0 Å². The van der Waals surface area contributed by atoms with Gasteiger partial charge in [-0.25, -0.2) is 0 Å². The molecule has 0 aromatic rings. The smallest absolute Gasteiger partial charge is 0.325 e. The topological polar surface area (TPSA) is 75.6 Å². The molecular formula is C12H21NO4. The standard InChI is InChI=1S/C12H21NO4/c1-8-4-3-5-10(6-8)17-7-11(14)13-9(2)12(15)16/h8-10H,3-7H2,1-2H3,(H,13,14)(H,15,16)/t8?,9-,10?/m1/s1. The Bertz CT molecular complexity index is 280. The molecule has 0 spiro atoms. The van der Waals surface area contributed by atoms with Crippen LogP contribution in [0.2, 0.25) is 0 Å². The van der Waals surface area contributed by atoms with Crippen molar-refractivity contribution in [2.75, 3.05) is 6.61 Å². The molecule has 1 amide bonds. The highest BCUT2D eigenvalue weighted by molar-refractivity contribution is 5.83. The maximum absolute atomic E-state index is 11.4. The van der Waals surface area contributed by atoms with E-state index in [0.29, 0.717) is 5.92 Å². The molecule has 0 radical (unpaired) electrons. The summed E-state index contributed by atoms with van der Waals surface area (Å²) in [5.74, 6) is -0.752. The van der Waals surface area contributed by atoms with Crippen LogP contribution in [0, 0.1) is 5.92 Å². The lowest BCUT2D eigenvalue weighted by Gasteiger charge is -2.26. The van der Waals surface area contributed by atoms with Gasteiger partial charge in [0.05, 0.1) is 6.10 Å². The third-order valence-electron chi connectivity index (χ3n) is 3.09. The average molecular weight is 243 g/mol. The van der Waals surface area contributed by atoms with Gasteiger partial charge in [-0.15, -0.1) is 0 Å². The third-order valence-corrected chi connectivity index (χ3v) is 3.09. The number of ether oxygens (including phenoxy) is 1. The normalized spacial score (nSPS) is 26.2. The van der Waals surface area contributed by atoms with E-state index in [1.54, 1.807) is 0 Å². The maximum Gasteiger partial charge on any atom is 0.325 e. The molecule has 5 heteroatoms. The van der Waals surface area contributed by atoms with Crippen LogP contribution in [0.1, 0.15) is 39.5 Å². The number of hydrogen-bond acceptors (Lipinski definition) is 3. The molecule has 1 rings (SSSR count). The van der Waals surface area contributed by atoms with Crippen molar-refractivity contribution < 1.29 is 19.4 Å². The lowest BCUT2D eigenvalue weighted by molar-refractivity contribution is -0.142. The Balaban J connectivity index is 2.21. The molecule has 0 aromatic heterocycles. The van der Waals surface area contributed by atoms with Gasteiger partial charge in [-0.2, -0.15) is 0 Å². The van der Waals surface area contributed by atoms with E-state index in [2.05, 4.69) is 12.2 Å². The molecule has 2 unspecified atom stereocenters. The van der Waals surface area contributed by atoms with Gasteiger partial charge in [-0.1, -0.05) is 19.8 Å². The summed E-state index contributed by atoms with van der Waals surface area (Å²) in [6, 6.07) is -0.864. The van der Waals surface area contributed by atoms with Crippen LogP contribution in [0.5, 0.6) is 0 Å². The highest BCUT2D eigenvalue weighted by atomic mass is 16.5. The molecule has 17 heavy (non-hydrogen) atoms. The zero-order valence-electron chi connectivity index (χ0n) is 10.4. The van der Waals surface area contributed by atoms with Crippen molar-refractivity contribution in [3.63, 3.8) is 0 Å². The first-order valence-corrected chi connectivity index (χ1v) is 6.12. The van der Waals surface area contributed by atoms with Gasteiger partial charge in [0.25, 0.3) is 0 Å². The van der Waals surface area contributed by atoms with Crippen LogP contribution in [-0.2, 0) is 14.3 Å².